The number of aliphatic hydroxyl groups excluding tert-OH is 2. The average molecular weight is 268 g/mol. The van der Waals surface area contributed by atoms with Crippen LogP contribution >= 0.6 is 0 Å². The molecule has 1 heterocycles. The Kier molecular flexibility index (Phi) is 3.25. The molecule has 3 aliphatic rings. The Balaban J connectivity index is 2.05. The second kappa shape index (κ2) is 4.55. The van der Waals surface area contributed by atoms with Crippen molar-refractivity contribution in [3.05, 3.63) is 11.6 Å². The molecule has 4 heteroatoms. The molecule has 2 aliphatic carbocycles. The molecule has 19 heavy (non-hydrogen) atoms. The van der Waals surface area contributed by atoms with Crippen LogP contribution in [0, 0.1) is 23.7 Å². The zero-order valence-electron chi connectivity index (χ0n) is 11.6. The molecular formula is C15H24O4. The highest BCUT2D eigenvalue weighted by Crippen LogP contribution is 2.54. The molecule has 0 aromatic rings. The van der Waals surface area contributed by atoms with Crippen molar-refractivity contribution < 1.29 is 20.1 Å². The fourth-order valence-corrected chi connectivity index (χ4v) is 4.53. The van der Waals surface area contributed by atoms with E-state index in [1.54, 1.807) is 0 Å². The molecule has 3 rings (SSSR count). The minimum absolute atomic E-state index is 0.0952. The Morgan fingerprint density at radius 1 is 1.47 bits per heavy atom. The highest BCUT2D eigenvalue weighted by molar-refractivity contribution is 5.22. The van der Waals surface area contributed by atoms with Crippen LogP contribution in [0.25, 0.3) is 0 Å². The van der Waals surface area contributed by atoms with E-state index >= 15 is 0 Å². The van der Waals surface area contributed by atoms with E-state index in [1.807, 2.05) is 6.92 Å². The van der Waals surface area contributed by atoms with Crippen LogP contribution in [0.3, 0.4) is 0 Å². The lowest BCUT2D eigenvalue weighted by Crippen LogP contribution is -2.69. The summed E-state index contributed by atoms with van der Waals surface area (Å²) in [5.74, 6) is 0.219. The van der Waals surface area contributed by atoms with Crippen molar-refractivity contribution in [3.63, 3.8) is 0 Å². The molecule has 0 amide bonds. The molecule has 2 fully saturated rings. The lowest BCUT2D eigenvalue weighted by Gasteiger charge is -2.59. The molecule has 0 bridgehead atoms. The Bertz CT molecular complexity index is 394. The summed E-state index contributed by atoms with van der Waals surface area (Å²) in [7, 11) is 0. The Labute approximate surface area is 114 Å². The first-order chi connectivity index (χ1) is 9.00. The van der Waals surface area contributed by atoms with Gasteiger partial charge in [-0.3, -0.25) is 0 Å². The number of rotatable bonds is 1. The van der Waals surface area contributed by atoms with Gasteiger partial charge in [-0.25, -0.2) is 0 Å². The van der Waals surface area contributed by atoms with E-state index in [0.717, 1.165) is 12.0 Å². The van der Waals surface area contributed by atoms with E-state index < -0.39 is 11.7 Å². The maximum Gasteiger partial charge on any atom is 0.104 e. The summed E-state index contributed by atoms with van der Waals surface area (Å²) in [5, 5.41) is 31.1. The van der Waals surface area contributed by atoms with Gasteiger partial charge in [-0.05, 0) is 37.2 Å². The summed E-state index contributed by atoms with van der Waals surface area (Å²) in [6.45, 7) is 4.35. The highest BCUT2D eigenvalue weighted by atomic mass is 16.5. The highest BCUT2D eigenvalue weighted by Gasteiger charge is 2.62. The fourth-order valence-electron chi connectivity index (χ4n) is 4.53. The van der Waals surface area contributed by atoms with Crippen molar-refractivity contribution in [1.82, 2.24) is 0 Å². The number of aliphatic hydroxyl groups is 3. The Hall–Kier alpha value is -0.420. The summed E-state index contributed by atoms with van der Waals surface area (Å²) >= 11 is 0. The Morgan fingerprint density at radius 2 is 2.21 bits per heavy atom. The second-order valence-corrected chi connectivity index (χ2v) is 6.62. The van der Waals surface area contributed by atoms with Crippen LogP contribution in [0.5, 0.6) is 0 Å². The van der Waals surface area contributed by atoms with Crippen LogP contribution < -0.4 is 0 Å². The van der Waals surface area contributed by atoms with Crippen molar-refractivity contribution in [2.45, 2.75) is 44.5 Å². The standard InChI is InChI=1S/C15H24O4/c1-8-3-4-11-9(2)5-12(17)15(18)10(6-16)7-19-14(8)13(11)15/h3,9-14,16-18H,4-7H2,1-2H3/t9-,10+,11+,12-,13+,14-,15-/m1/s1. The topological polar surface area (TPSA) is 69.9 Å². The van der Waals surface area contributed by atoms with Gasteiger partial charge in [-0.15, -0.1) is 0 Å². The zero-order chi connectivity index (χ0) is 13.8. The van der Waals surface area contributed by atoms with E-state index in [1.165, 1.54) is 0 Å². The number of hydrogen-bond donors (Lipinski definition) is 3. The number of allylic oxidation sites excluding steroid dienone is 1. The molecule has 7 atom stereocenters. The predicted octanol–water partition coefficient (Wildman–Crippen LogP) is 0.708. The molecule has 0 aromatic carbocycles. The van der Waals surface area contributed by atoms with Crippen LogP contribution in [0.15, 0.2) is 11.6 Å². The summed E-state index contributed by atoms with van der Waals surface area (Å²) in [6.07, 6.45) is 2.88. The quantitative estimate of drug-likeness (QED) is 0.613. The third-order valence-electron chi connectivity index (χ3n) is 5.69. The predicted molar refractivity (Wildman–Crippen MR) is 70.4 cm³/mol. The van der Waals surface area contributed by atoms with Crippen LogP contribution in [-0.2, 0) is 4.74 Å². The minimum Gasteiger partial charge on any atom is -0.396 e. The Morgan fingerprint density at radius 3 is 2.89 bits per heavy atom. The van der Waals surface area contributed by atoms with Gasteiger partial charge in [-0.2, -0.15) is 0 Å². The van der Waals surface area contributed by atoms with Gasteiger partial charge in [0.1, 0.15) is 5.60 Å². The molecule has 0 spiro atoms. The summed E-state index contributed by atoms with van der Waals surface area (Å²) in [6, 6.07) is 0. The van der Waals surface area contributed by atoms with E-state index in [4.69, 9.17) is 4.74 Å². The van der Waals surface area contributed by atoms with Gasteiger partial charge in [0, 0.05) is 11.8 Å². The summed E-state index contributed by atoms with van der Waals surface area (Å²) < 4.78 is 5.90. The average Bonchev–Trinajstić information content (AvgIpc) is 2.38. The van der Waals surface area contributed by atoms with Crippen molar-refractivity contribution in [1.29, 1.82) is 0 Å². The SMILES string of the molecule is CC1=CC[C@@H]2[C@H]3[C@@H]1OC[C@H](CO)[C@@]3(O)[C@H](O)C[C@H]2C. The third-order valence-corrected chi connectivity index (χ3v) is 5.69. The van der Waals surface area contributed by atoms with Crippen molar-refractivity contribution in [3.8, 4) is 0 Å². The molecule has 1 aliphatic heterocycles. The van der Waals surface area contributed by atoms with Crippen molar-refractivity contribution >= 4 is 0 Å². The van der Waals surface area contributed by atoms with Gasteiger partial charge in [0.05, 0.1) is 25.4 Å². The first-order valence-electron chi connectivity index (χ1n) is 7.29. The van der Waals surface area contributed by atoms with Gasteiger partial charge in [-0.1, -0.05) is 13.0 Å². The molecule has 0 unspecified atom stereocenters. The van der Waals surface area contributed by atoms with Crippen molar-refractivity contribution in [2.75, 3.05) is 13.2 Å². The molecule has 1 saturated carbocycles. The molecule has 4 nitrogen and oxygen atoms in total. The lowest BCUT2D eigenvalue weighted by molar-refractivity contribution is -0.269. The normalized spacial score (nSPS) is 53.4. The van der Waals surface area contributed by atoms with E-state index in [2.05, 4.69) is 13.0 Å². The number of hydrogen-bond acceptors (Lipinski definition) is 4. The van der Waals surface area contributed by atoms with Crippen LogP contribution in [0.2, 0.25) is 0 Å². The van der Waals surface area contributed by atoms with Crippen LogP contribution in [0.4, 0.5) is 0 Å². The first kappa shape index (κ1) is 13.6. The first-order valence-corrected chi connectivity index (χ1v) is 7.29. The van der Waals surface area contributed by atoms with Gasteiger partial charge in [0.15, 0.2) is 0 Å². The maximum absolute atomic E-state index is 11.1. The molecule has 0 aromatic heterocycles. The second-order valence-electron chi connectivity index (χ2n) is 6.62. The van der Waals surface area contributed by atoms with Gasteiger partial charge < -0.3 is 20.1 Å². The summed E-state index contributed by atoms with van der Waals surface area (Å²) in [4.78, 5) is 0. The summed E-state index contributed by atoms with van der Waals surface area (Å²) in [5.41, 5.74) is -0.0537. The smallest absolute Gasteiger partial charge is 0.104 e. The van der Waals surface area contributed by atoms with Crippen LogP contribution in [-0.4, -0.2) is 46.3 Å². The number of ether oxygens (including phenoxy) is 1. The lowest BCUT2D eigenvalue weighted by atomic mass is 9.53. The van der Waals surface area contributed by atoms with E-state index in [9.17, 15) is 15.3 Å². The molecule has 0 radical (unpaired) electrons. The van der Waals surface area contributed by atoms with Crippen LogP contribution in [0.1, 0.15) is 26.7 Å². The maximum atomic E-state index is 11.1. The third kappa shape index (κ3) is 1.74. The molecular weight excluding hydrogens is 244 g/mol. The monoisotopic (exact) mass is 268 g/mol. The molecule has 3 N–H and O–H groups in total. The van der Waals surface area contributed by atoms with Gasteiger partial charge in [0.25, 0.3) is 0 Å². The minimum atomic E-state index is -1.20. The molecule has 108 valence electrons. The van der Waals surface area contributed by atoms with Gasteiger partial charge in [0.2, 0.25) is 0 Å². The van der Waals surface area contributed by atoms with Gasteiger partial charge >= 0.3 is 0 Å². The fraction of sp³-hybridized carbons (Fsp3) is 0.867. The largest absolute Gasteiger partial charge is 0.396 e. The van der Waals surface area contributed by atoms with E-state index in [0.29, 0.717) is 24.9 Å². The zero-order valence-corrected chi connectivity index (χ0v) is 11.6. The van der Waals surface area contributed by atoms with Crippen molar-refractivity contribution in [2.24, 2.45) is 23.7 Å². The van der Waals surface area contributed by atoms with E-state index in [-0.39, 0.29) is 24.5 Å². The molecule has 1 saturated heterocycles.